The molecule has 4 nitrogen and oxygen atoms in total. The first-order valence-corrected chi connectivity index (χ1v) is 3.00. The fourth-order valence-corrected chi connectivity index (χ4v) is 0.524. The summed E-state index contributed by atoms with van der Waals surface area (Å²) in [5, 5.41) is 0. The zero-order valence-electron chi connectivity index (χ0n) is 6.00. The number of rotatable bonds is 3. The molecule has 0 atom stereocenters. The van der Waals surface area contributed by atoms with Crippen molar-refractivity contribution in [2.24, 2.45) is 17.4 Å². The van der Waals surface area contributed by atoms with Gasteiger partial charge in [-0.05, 0) is 6.42 Å². The Bertz CT molecular complexity index is 151. The minimum atomic E-state index is 0.307. The number of allylic oxidation sites excluding steroid dienone is 1. The van der Waals surface area contributed by atoms with Crippen LogP contribution in [0.25, 0.3) is 0 Å². The largest absolute Gasteiger partial charge is 0.408 e. The molecule has 0 aliphatic heterocycles. The lowest BCUT2D eigenvalue weighted by atomic mass is 10.3. The van der Waals surface area contributed by atoms with Crippen molar-refractivity contribution < 1.29 is 4.84 Å². The molecule has 6 N–H and O–H groups in total. The number of nitrogens with two attached hydrogens (primary N) is 3. The summed E-state index contributed by atoms with van der Waals surface area (Å²) in [4.78, 5) is 4.36. The monoisotopic (exact) mass is 143 g/mol. The highest BCUT2D eigenvalue weighted by Gasteiger charge is 1.97. The second-order valence-corrected chi connectivity index (χ2v) is 1.72. The molecular formula is C6H13N3O. The van der Waals surface area contributed by atoms with Crippen molar-refractivity contribution in [2.45, 2.75) is 13.3 Å². The summed E-state index contributed by atoms with van der Waals surface area (Å²) in [7, 11) is 0. The van der Waals surface area contributed by atoms with Crippen LogP contribution in [0.1, 0.15) is 13.3 Å². The van der Waals surface area contributed by atoms with Crippen molar-refractivity contribution in [2.75, 3.05) is 0 Å². The summed E-state index contributed by atoms with van der Waals surface area (Å²) < 4.78 is 0. The van der Waals surface area contributed by atoms with E-state index < -0.39 is 0 Å². The maximum absolute atomic E-state index is 5.46. The van der Waals surface area contributed by atoms with E-state index in [1.165, 1.54) is 6.20 Å². The Hall–Kier alpha value is -1.16. The van der Waals surface area contributed by atoms with Gasteiger partial charge in [0.2, 0.25) is 0 Å². The minimum Gasteiger partial charge on any atom is -0.408 e. The molecule has 0 unspecified atom stereocenters. The summed E-state index contributed by atoms with van der Waals surface area (Å²) in [5.41, 5.74) is 11.0. The summed E-state index contributed by atoms with van der Waals surface area (Å²) in [6.45, 7) is 1.96. The molecule has 0 heterocycles. The molecule has 4 heteroatoms. The third kappa shape index (κ3) is 2.41. The second kappa shape index (κ2) is 4.69. The maximum Gasteiger partial charge on any atom is 0.184 e. The standard InChI is InChI=1S/C6H13N3O/c1-2-3-5(8)6(4-7)10-9/h3-4H,2,7-9H2,1H3/b5-3+,6-4+. The SMILES string of the molecule is CC/C=C(N)\C(=C/N)ON. The van der Waals surface area contributed by atoms with E-state index in [-0.39, 0.29) is 0 Å². The molecule has 0 amide bonds. The predicted octanol–water partition coefficient (Wildman–Crippen LogP) is -0.0706. The molecule has 0 saturated carbocycles. The van der Waals surface area contributed by atoms with Gasteiger partial charge in [-0.3, -0.25) is 0 Å². The Morgan fingerprint density at radius 2 is 2.20 bits per heavy atom. The van der Waals surface area contributed by atoms with Crippen LogP contribution in [0.2, 0.25) is 0 Å². The van der Waals surface area contributed by atoms with Crippen LogP contribution in [-0.2, 0) is 4.84 Å². The number of hydrogen-bond acceptors (Lipinski definition) is 4. The van der Waals surface area contributed by atoms with E-state index in [9.17, 15) is 0 Å². The van der Waals surface area contributed by atoms with Crippen molar-refractivity contribution in [3.05, 3.63) is 23.7 Å². The average molecular weight is 143 g/mol. The van der Waals surface area contributed by atoms with Gasteiger partial charge in [-0.2, -0.15) is 5.90 Å². The van der Waals surface area contributed by atoms with Gasteiger partial charge in [0.15, 0.2) is 5.76 Å². The van der Waals surface area contributed by atoms with Crippen LogP contribution in [0, 0.1) is 0 Å². The summed E-state index contributed by atoms with van der Waals surface area (Å²) >= 11 is 0. The van der Waals surface area contributed by atoms with E-state index in [0.717, 1.165) is 6.42 Å². The lowest BCUT2D eigenvalue weighted by Crippen LogP contribution is -2.10. The Labute approximate surface area is 60.3 Å². The molecule has 0 aliphatic rings. The normalized spacial score (nSPS) is 13.4. The van der Waals surface area contributed by atoms with Crippen LogP contribution in [0.4, 0.5) is 0 Å². The van der Waals surface area contributed by atoms with Gasteiger partial charge < -0.3 is 16.3 Å². The lowest BCUT2D eigenvalue weighted by molar-refractivity contribution is 0.227. The molecule has 0 aliphatic carbocycles. The lowest BCUT2D eigenvalue weighted by Gasteiger charge is -2.02. The van der Waals surface area contributed by atoms with Crippen molar-refractivity contribution in [1.29, 1.82) is 0 Å². The van der Waals surface area contributed by atoms with E-state index in [1.54, 1.807) is 6.08 Å². The van der Waals surface area contributed by atoms with Crippen molar-refractivity contribution in [1.82, 2.24) is 0 Å². The van der Waals surface area contributed by atoms with Gasteiger partial charge >= 0.3 is 0 Å². The van der Waals surface area contributed by atoms with Gasteiger partial charge in [-0.1, -0.05) is 13.0 Å². The van der Waals surface area contributed by atoms with E-state index in [1.807, 2.05) is 6.92 Å². The molecule has 58 valence electrons. The van der Waals surface area contributed by atoms with Gasteiger partial charge in [0.1, 0.15) is 0 Å². The average Bonchev–Trinajstić information content (AvgIpc) is 1.91. The van der Waals surface area contributed by atoms with E-state index >= 15 is 0 Å². The summed E-state index contributed by atoms with van der Waals surface area (Å²) in [5.74, 6) is 5.15. The highest BCUT2D eigenvalue weighted by Crippen LogP contribution is 2.01. The zero-order chi connectivity index (χ0) is 7.98. The highest BCUT2D eigenvalue weighted by atomic mass is 16.6. The topological polar surface area (TPSA) is 87.3 Å². The van der Waals surface area contributed by atoms with Crippen LogP contribution in [0.3, 0.4) is 0 Å². The van der Waals surface area contributed by atoms with Gasteiger partial charge in [0, 0.05) is 6.20 Å². The molecular weight excluding hydrogens is 130 g/mol. The first-order valence-electron chi connectivity index (χ1n) is 3.00. The Kier molecular flexibility index (Phi) is 4.15. The molecule has 0 radical (unpaired) electrons. The number of hydrogen-bond donors (Lipinski definition) is 3. The second-order valence-electron chi connectivity index (χ2n) is 1.72. The van der Waals surface area contributed by atoms with Crippen LogP contribution >= 0.6 is 0 Å². The third-order valence-electron chi connectivity index (χ3n) is 0.987. The first kappa shape index (κ1) is 8.84. The molecule has 0 spiro atoms. The van der Waals surface area contributed by atoms with Crippen LogP contribution in [0.5, 0.6) is 0 Å². The first-order chi connectivity index (χ1) is 4.76. The molecule has 0 aromatic heterocycles. The predicted molar refractivity (Wildman–Crippen MR) is 40.1 cm³/mol. The molecule has 0 bridgehead atoms. The van der Waals surface area contributed by atoms with Crippen LogP contribution in [0.15, 0.2) is 23.7 Å². The molecule has 0 aromatic carbocycles. The molecule has 0 aromatic rings. The summed E-state index contributed by atoms with van der Waals surface area (Å²) in [6.07, 6.45) is 3.82. The van der Waals surface area contributed by atoms with Gasteiger partial charge in [-0.25, -0.2) is 0 Å². The van der Waals surface area contributed by atoms with Crippen molar-refractivity contribution in [3.63, 3.8) is 0 Å². The van der Waals surface area contributed by atoms with Crippen molar-refractivity contribution >= 4 is 0 Å². The maximum atomic E-state index is 5.46. The van der Waals surface area contributed by atoms with E-state index in [2.05, 4.69) is 4.84 Å². The molecule has 10 heavy (non-hydrogen) atoms. The smallest absolute Gasteiger partial charge is 0.184 e. The fourth-order valence-electron chi connectivity index (χ4n) is 0.524. The Balaban J connectivity index is 4.16. The van der Waals surface area contributed by atoms with E-state index in [4.69, 9.17) is 17.4 Å². The van der Waals surface area contributed by atoms with E-state index in [0.29, 0.717) is 11.5 Å². The van der Waals surface area contributed by atoms with Crippen molar-refractivity contribution in [3.8, 4) is 0 Å². The zero-order valence-corrected chi connectivity index (χ0v) is 6.00. The Morgan fingerprint density at radius 3 is 2.50 bits per heavy atom. The van der Waals surface area contributed by atoms with Gasteiger partial charge in [-0.15, -0.1) is 0 Å². The molecule has 0 saturated heterocycles. The fraction of sp³-hybridized carbons (Fsp3) is 0.333. The highest BCUT2D eigenvalue weighted by molar-refractivity contribution is 5.20. The minimum absolute atomic E-state index is 0.307. The van der Waals surface area contributed by atoms with Gasteiger partial charge in [0.05, 0.1) is 5.70 Å². The quantitative estimate of drug-likeness (QED) is 0.293. The molecule has 0 fully saturated rings. The third-order valence-corrected chi connectivity index (χ3v) is 0.987. The van der Waals surface area contributed by atoms with Crippen LogP contribution < -0.4 is 17.4 Å². The van der Waals surface area contributed by atoms with Crippen LogP contribution in [-0.4, -0.2) is 0 Å². The summed E-state index contributed by atoms with van der Waals surface area (Å²) in [6, 6.07) is 0. The Morgan fingerprint density at radius 1 is 1.60 bits per heavy atom. The molecule has 0 rings (SSSR count). The van der Waals surface area contributed by atoms with Gasteiger partial charge in [0.25, 0.3) is 0 Å².